The number of benzene rings is 2. The van der Waals surface area contributed by atoms with Gasteiger partial charge in [0, 0.05) is 0 Å². The van der Waals surface area contributed by atoms with Crippen molar-refractivity contribution in [3.63, 3.8) is 0 Å². The van der Waals surface area contributed by atoms with E-state index in [1.807, 2.05) is 48.5 Å². The van der Waals surface area contributed by atoms with Crippen molar-refractivity contribution in [3.8, 4) is 23.0 Å². The summed E-state index contributed by atoms with van der Waals surface area (Å²) in [6.07, 6.45) is 0. The molecule has 2 aromatic carbocycles. The molecule has 0 aliphatic rings. The molecule has 0 aliphatic heterocycles. The molecule has 199 valence electrons. The van der Waals surface area contributed by atoms with Crippen LogP contribution in [0, 0.1) is 0 Å². The summed E-state index contributed by atoms with van der Waals surface area (Å²) in [5.74, 6) is -1.51. The molecule has 0 saturated heterocycles. The van der Waals surface area contributed by atoms with Crippen molar-refractivity contribution < 1.29 is 47.5 Å². The fourth-order valence-corrected chi connectivity index (χ4v) is 3.51. The number of hydrogen-bond donors (Lipinski definition) is 2. The van der Waals surface area contributed by atoms with Crippen molar-refractivity contribution in [2.24, 2.45) is 0 Å². The standard InChI is InChI=1S/2C13H9N3O2.Co.2H2O/c2*17-13(18)11-7-3-6-10(14-11)12-15-8-4-1-2-5-9(8)16-12;;;/h2*1-7H,(H,15,16)(H,17,18);;2*1H2/q;;+2;;/p-2. The fraction of sp³-hybridized carbons (Fsp3) is 0. The molecule has 0 atom stereocenters. The van der Waals surface area contributed by atoms with Gasteiger partial charge in [-0.1, -0.05) is 36.4 Å². The van der Waals surface area contributed by atoms with Gasteiger partial charge in [-0.05, 0) is 48.5 Å². The normalized spacial score (nSPS) is 9.85. The first-order valence-electron chi connectivity index (χ1n) is 10.7. The van der Waals surface area contributed by atoms with E-state index >= 15 is 0 Å². The molecule has 12 nitrogen and oxygen atoms in total. The van der Waals surface area contributed by atoms with Crippen LogP contribution in [0.4, 0.5) is 0 Å². The molecule has 0 spiro atoms. The summed E-state index contributed by atoms with van der Waals surface area (Å²) < 4.78 is 0. The number of H-pyrrole nitrogens is 2. The van der Waals surface area contributed by atoms with Gasteiger partial charge in [-0.15, -0.1) is 0 Å². The maximum absolute atomic E-state index is 10.8. The zero-order valence-corrected chi connectivity index (χ0v) is 20.9. The van der Waals surface area contributed by atoms with Gasteiger partial charge in [0.2, 0.25) is 0 Å². The minimum Gasteiger partial charge on any atom is -0.543 e. The second kappa shape index (κ2) is 13.0. The van der Waals surface area contributed by atoms with Crippen molar-refractivity contribution in [1.82, 2.24) is 29.9 Å². The van der Waals surface area contributed by atoms with E-state index in [0.717, 1.165) is 22.1 Å². The molecule has 13 heteroatoms. The first-order chi connectivity index (χ1) is 17.5. The number of imidazole rings is 2. The Labute approximate surface area is 230 Å². The zero-order valence-electron chi connectivity index (χ0n) is 19.8. The molecular formula is C26H20CoN6O6. The van der Waals surface area contributed by atoms with Gasteiger partial charge in [0.1, 0.15) is 11.4 Å². The minimum atomic E-state index is -1.30. The Bertz CT molecular complexity index is 1540. The van der Waals surface area contributed by atoms with Gasteiger partial charge < -0.3 is 40.7 Å². The topological polar surface area (TPSA) is 226 Å². The average Bonchev–Trinajstić information content (AvgIpc) is 3.54. The fourth-order valence-electron chi connectivity index (χ4n) is 3.51. The third-order valence-electron chi connectivity index (χ3n) is 5.18. The number of carbonyl (C=O) groups is 2. The average molecular weight is 571 g/mol. The number of nitrogens with one attached hydrogen (secondary N) is 2. The maximum Gasteiger partial charge on any atom is 2.00 e. The molecule has 6 aromatic rings. The van der Waals surface area contributed by atoms with Gasteiger partial charge in [0.15, 0.2) is 11.6 Å². The van der Waals surface area contributed by atoms with Gasteiger partial charge in [-0.2, -0.15) is 0 Å². The molecular weight excluding hydrogens is 551 g/mol. The third kappa shape index (κ3) is 6.68. The summed E-state index contributed by atoms with van der Waals surface area (Å²) in [5.41, 5.74) is 4.14. The summed E-state index contributed by atoms with van der Waals surface area (Å²) in [6.45, 7) is 0. The molecule has 0 saturated carbocycles. The van der Waals surface area contributed by atoms with Crippen molar-refractivity contribution in [1.29, 1.82) is 0 Å². The monoisotopic (exact) mass is 571 g/mol. The van der Waals surface area contributed by atoms with Gasteiger partial charge in [0.25, 0.3) is 0 Å². The number of carbonyl (C=O) groups excluding carboxylic acids is 2. The van der Waals surface area contributed by atoms with Crippen molar-refractivity contribution in [3.05, 3.63) is 96.3 Å². The SMILES string of the molecule is O.O.O=C([O-])c1cccc(-c2nc3ccccc3[nH]2)n1.O=C([O-])c1cccc(-c2nc3ccccc3[nH]2)n1.[Co+2]. The molecule has 4 aromatic heterocycles. The maximum atomic E-state index is 10.8. The van der Waals surface area contributed by atoms with Crippen LogP contribution >= 0.6 is 0 Å². The second-order valence-electron chi connectivity index (χ2n) is 7.60. The number of nitrogens with zero attached hydrogens (tertiary/aromatic N) is 4. The molecule has 6 N–H and O–H groups in total. The molecule has 0 aliphatic carbocycles. The largest absolute Gasteiger partial charge is 2.00 e. The van der Waals surface area contributed by atoms with Crippen LogP contribution in [0.2, 0.25) is 0 Å². The van der Waals surface area contributed by atoms with Crippen molar-refractivity contribution in [2.75, 3.05) is 0 Å². The van der Waals surface area contributed by atoms with E-state index in [2.05, 4.69) is 29.9 Å². The number of para-hydroxylation sites is 4. The van der Waals surface area contributed by atoms with E-state index in [1.54, 1.807) is 24.3 Å². The van der Waals surface area contributed by atoms with Crippen LogP contribution in [0.5, 0.6) is 0 Å². The summed E-state index contributed by atoms with van der Waals surface area (Å²) in [4.78, 5) is 44.4. The molecule has 0 unspecified atom stereocenters. The molecule has 0 amide bonds. The Hall–Kier alpha value is -4.95. The van der Waals surface area contributed by atoms with Crippen molar-refractivity contribution in [2.45, 2.75) is 0 Å². The second-order valence-corrected chi connectivity index (χ2v) is 7.60. The molecule has 1 radical (unpaired) electrons. The number of pyridine rings is 2. The van der Waals surface area contributed by atoms with E-state index in [9.17, 15) is 19.8 Å². The van der Waals surface area contributed by atoms with Gasteiger partial charge in [-0.25, -0.2) is 19.9 Å². The number of carboxylic acid groups (broad SMARTS) is 2. The number of aromatic amines is 2. The van der Waals surface area contributed by atoms with Crippen LogP contribution in [0.25, 0.3) is 45.1 Å². The first-order valence-corrected chi connectivity index (χ1v) is 10.7. The third-order valence-corrected chi connectivity index (χ3v) is 5.18. The quantitative estimate of drug-likeness (QED) is 0.299. The number of rotatable bonds is 4. The molecule has 4 heterocycles. The van der Waals surface area contributed by atoms with Crippen LogP contribution < -0.4 is 10.2 Å². The number of fused-ring (bicyclic) bond motifs is 2. The van der Waals surface area contributed by atoms with Crippen LogP contribution in [-0.2, 0) is 16.8 Å². The predicted molar refractivity (Wildman–Crippen MR) is 135 cm³/mol. The summed E-state index contributed by atoms with van der Waals surface area (Å²) in [6, 6.07) is 24.5. The van der Waals surface area contributed by atoms with Gasteiger partial charge in [0.05, 0.1) is 45.4 Å². The van der Waals surface area contributed by atoms with Crippen LogP contribution in [-0.4, -0.2) is 52.8 Å². The van der Waals surface area contributed by atoms with Gasteiger partial charge >= 0.3 is 16.8 Å². The Morgan fingerprint density at radius 3 is 1.28 bits per heavy atom. The van der Waals surface area contributed by atoms with E-state index in [-0.39, 0.29) is 39.1 Å². The molecule has 0 fully saturated rings. The number of aromatic nitrogens is 6. The Kier molecular flexibility index (Phi) is 10.1. The smallest absolute Gasteiger partial charge is 0.543 e. The molecule has 6 rings (SSSR count). The predicted octanol–water partition coefficient (Wildman–Crippen LogP) is 0.325. The summed E-state index contributed by atoms with van der Waals surface area (Å²) in [5, 5.41) is 21.5. The van der Waals surface area contributed by atoms with E-state index in [0.29, 0.717) is 23.0 Å². The summed E-state index contributed by atoms with van der Waals surface area (Å²) in [7, 11) is 0. The molecule has 0 bridgehead atoms. The Morgan fingerprint density at radius 2 is 0.923 bits per heavy atom. The summed E-state index contributed by atoms with van der Waals surface area (Å²) >= 11 is 0. The van der Waals surface area contributed by atoms with Crippen LogP contribution in [0.15, 0.2) is 84.9 Å². The van der Waals surface area contributed by atoms with Crippen molar-refractivity contribution >= 4 is 34.0 Å². The zero-order chi connectivity index (χ0) is 25.1. The first kappa shape index (κ1) is 30.3. The Morgan fingerprint density at radius 1 is 0.538 bits per heavy atom. The Balaban J connectivity index is 0.000000254. The van der Waals surface area contributed by atoms with E-state index < -0.39 is 11.9 Å². The van der Waals surface area contributed by atoms with Crippen LogP contribution in [0.3, 0.4) is 0 Å². The number of aromatic carboxylic acids is 2. The van der Waals surface area contributed by atoms with Crippen LogP contribution in [0.1, 0.15) is 21.0 Å². The molecule has 39 heavy (non-hydrogen) atoms. The minimum absolute atomic E-state index is 0. The van der Waals surface area contributed by atoms with E-state index in [4.69, 9.17) is 0 Å². The van der Waals surface area contributed by atoms with Gasteiger partial charge in [-0.3, -0.25) is 0 Å². The number of hydrogen-bond acceptors (Lipinski definition) is 8. The van der Waals surface area contributed by atoms with E-state index in [1.165, 1.54) is 12.1 Å². The number of carboxylic acids is 2.